The first-order valence-corrected chi connectivity index (χ1v) is 10.4. The average molecular weight is 397 g/mol. The van der Waals surface area contributed by atoms with Crippen LogP contribution >= 0.6 is 0 Å². The van der Waals surface area contributed by atoms with Crippen LogP contribution < -0.4 is 20.9 Å². The predicted molar refractivity (Wildman–Crippen MR) is 119 cm³/mol. The molecule has 3 N–H and O–H groups in total. The molecule has 3 rings (SSSR count). The van der Waals surface area contributed by atoms with Crippen molar-refractivity contribution in [1.82, 2.24) is 15.3 Å². The summed E-state index contributed by atoms with van der Waals surface area (Å²) in [5.74, 6) is 2.09. The number of para-hydroxylation sites is 1. The van der Waals surface area contributed by atoms with E-state index in [1.807, 2.05) is 49.3 Å². The van der Waals surface area contributed by atoms with Crippen LogP contribution in [0.4, 0.5) is 22.2 Å². The fourth-order valence-corrected chi connectivity index (χ4v) is 3.72. The number of carbonyl (C=O) groups is 1. The largest absolute Gasteiger partial charge is 0.363 e. The Bertz CT molecular complexity index is 801. The minimum atomic E-state index is -0.125. The molecule has 156 valence electrons. The predicted octanol–water partition coefficient (Wildman–Crippen LogP) is 3.90. The highest BCUT2D eigenvalue weighted by Gasteiger charge is 2.22. The van der Waals surface area contributed by atoms with Crippen molar-refractivity contribution < 1.29 is 4.79 Å². The quantitative estimate of drug-likeness (QED) is 0.661. The number of hydrogen-bond donors (Lipinski definition) is 3. The van der Waals surface area contributed by atoms with Gasteiger partial charge in [0.25, 0.3) is 0 Å². The van der Waals surface area contributed by atoms with E-state index in [4.69, 9.17) is 0 Å². The summed E-state index contributed by atoms with van der Waals surface area (Å²) in [7, 11) is 3.95. The lowest BCUT2D eigenvalue weighted by molar-refractivity contribution is 0.246. The summed E-state index contributed by atoms with van der Waals surface area (Å²) < 4.78 is 0. The second kappa shape index (κ2) is 10.1. The van der Waals surface area contributed by atoms with E-state index in [-0.39, 0.29) is 6.03 Å². The van der Waals surface area contributed by atoms with Crippen LogP contribution in [-0.4, -0.2) is 42.7 Å². The second-order valence-electron chi connectivity index (χ2n) is 7.84. The van der Waals surface area contributed by atoms with Crippen molar-refractivity contribution in [3.8, 4) is 0 Å². The molecule has 0 spiro atoms. The summed E-state index contributed by atoms with van der Waals surface area (Å²) >= 11 is 0. The van der Waals surface area contributed by atoms with E-state index in [2.05, 4.69) is 32.8 Å². The molecule has 0 unspecified atom stereocenters. The number of anilines is 3. The van der Waals surface area contributed by atoms with Crippen molar-refractivity contribution in [2.75, 3.05) is 36.2 Å². The SMILES string of the molecule is CCc1ccccc1NC(=O)NCC1CCC(Nc2nccc(N(C)C)n2)CC1. The molecule has 0 saturated heterocycles. The van der Waals surface area contributed by atoms with Crippen LogP contribution in [0.3, 0.4) is 0 Å². The van der Waals surface area contributed by atoms with Crippen molar-refractivity contribution in [2.45, 2.75) is 45.1 Å². The lowest BCUT2D eigenvalue weighted by Crippen LogP contribution is -2.36. The molecule has 1 fully saturated rings. The Morgan fingerprint density at radius 1 is 1.14 bits per heavy atom. The molecule has 7 nitrogen and oxygen atoms in total. The number of aromatic nitrogens is 2. The van der Waals surface area contributed by atoms with Gasteiger partial charge in [0.15, 0.2) is 0 Å². The van der Waals surface area contributed by atoms with Gasteiger partial charge in [-0.15, -0.1) is 0 Å². The first kappa shape index (κ1) is 20.9. The molecular formula is C22H32N6O. The Morgan fingerprint density at radius 3 is 2.62 bits per heavy atom. The van der Waals surface area contributed by atoms with Crippen LogP contribution in [0.2, 0.25) is 0 Å². The standard InChI is InChI=1S/C22H32N6O/c1-4-17-7-5-6-8-19(17)26-22(29)24-15-16-9-11-18(12-10-16)25-21-23-14-13-20(27-21)28(2)3/h5-8,13-14,16,18H,4,9-12,15H2,1-3H3,(H,23,25,27)(H2,24,26,29). The van der Waals surface area contributed by atoms with Crippen LogP contribution in [0.25, 0.3) is 0 Å². The number of benzene rings is 1. The van der Waals surface area contributed by atoms with Crippen molar-refractivity contribution in [1.29, 1.82) is 0 Å². The van der Waals surface area contributed by atoms with Crippen LogP contribution in [-0.2, 0) is 6.42 Å². The smallest absolute Gasteiger partial charge is 0.319 e. The lowest BCUT2D eigenvalue weighted by atomic mass is 9.86. The molecule has 1 aliphatic rings. The van der Waals surface area contributed by atoms with E-state index in [0.717, 1.165) is 49.2 Å². The van der Waals surface area contributed by atoms with Crippen molar-refractivity contribution in [3.05, 3.63) is 42.1 Å². The van der Waals surface area contributed by atoms with Crippen LogP contribution in [0.5, 0.6) is 0 Å². The summed E-state index contributed by atoms with van der Waals surface area (Å²) in [5, 5.41) is 9.47. The van der Waals surface area contributed by atoms with Gasteiger partial charge in [0.1, 0.15) is 5.82 Å². The molecule has 7 heteroatoms. The number of rotatable bonds is 7. The van der Waals surface area contributed by atoms with E-state index >= 15 is 0 Å². The maximum absolute atomic E-state index is 12.3. The normalized spacial score (nSPS) is 18.7. The third-order valence-corrected chi connectivity index (χ3v) is 5.48. The Morgan fingerprint density at radius 2 is 1.90 bits per heavy atom. The van der Waals surface area contributed by atoms with E-state index in [1.165, 1.54) is 0 Å². The Labute approximate surface area is 173 Å². The van der Waals surface area contributed by atoms with E-state index in [1.54, 1.807) is 6.20 Å². The van der Waals surface area contributed by atoms with E-state index < -0.39 is 0 Å². The highest BCUT2D eigenvalue weighted by atomic mass is 16.2. The second-order valence-corrected chi connectivity index (χ2v) is 7.84. The van der Waals surface area contributed by atoms with Crippen molar-refractivity contribution in [3.63, 3.8) is 0 Å². The van der Waals surface area contributed by atoms with E-state index in [0.29, 0.717) is 24.5 Å². The summed E-state index contributed by atoms with van der Waals surface area (Å²) in [6.45, 7) is 2.80. The van der Waals surface area contributed by atoms with Gasteiger partial charge in [-0.1, -0.05) is 25.1 Å². The zero-order chi connectivity index (χ0) is 20.6. The number of carbonyl (C=O) groups excluding carboxylic acids is 1. The molecule has 1 aromatic carbocycles. The molecular weight excluding hydrogens is 364 g/mol. The highest BCUT2D eigenvalue weighted by molar-refractivity contribution is 5.90. The molecule has 1 saturated carbocycles. The summed E-state index contributed by atoms with van der Waals surface area (Å²) in [5.41, 5.74) is 2.04. The number of amides is 2. The minimum Gasteiger partial charge on any atom is -0.363 e. The Balaban J connectivity index is 1.41. The van der Waals surface area contributed by atoms with Gasteiger partial charge < -0.3 is 20.9 Å². The lowest BCUT2D eigenvalue weighted by Gasteiger charge is -2.29. The fraction of sp³-hybridized carbons (Fsp3) is 0.500. The molecule has 0 aliphatic heterocycles. The maximum Gasteiger partial charge on any atom is 0.319 e. The number of aryl methyl sites for hydroxylation is 1. The van der Waals surface area contributed by atoms with Crippen molar-refractivity contribution in [2.24, 2.45) is 5.92 Å². The summed E-state index contributed by atoms with van der Waals surface area (Å²) in [6, 6.07) is 10.1. The van der Waals surface area contributed by atoms with Gasteiger partial charge in [0.2, 0.25) is 5.95 Å². The van der Waals surface area contributed by atoms with Crippen LogP contribution in [0.1, 0.15) is 38.2 Å². The van der Waals surface area contributed by atoms with Crippen LogP contribution in [0.15, 0.2) is 36.5 Å². The highest BCUT2D eigenvalue weighted by Crippen LogP contribution is 2.26. The molecule has 1 aliphatic carbocycles. The molecule has 0 bridgehead atoms. The molecule has 2 aromatic rings. The molecule has 1 aromatic heterocycles. The first-order valence-electron chi connectivity index (χ1n) is 10.4. The molecule has 1 heterocycles. The van der Waals surface area contributed by atoms with Gasteiger partial charge in [0, 0.05) is 38.6 Å². The molecule has 29 heavy (non-hydrogen) atoms. The third kappa shape index (κ3) is 6.07. The van der Waals surface area contributed by atoms with Gasteiger partial charge in [-0.3, -0.25) is 0 Å². The topological polar surface area (TPSA) is 82.2 Å². The molecule has 0 atom stereocenters. The maximum atomic E-state index is 12.3. The third-order valence-electron chi connectivity index (χ3n) is 5.48. The number of nitrogens with zero attached hydrogens (tertiary/aromatic N) is 3. The van der Waals surface area contributed by atoms with Gasteiger partial charge in [-0.2, -0.15) is 4.98 Å². The van der Waals surface area contributed by atoms with Gasteiger partial charge in [0.05, 0.1) is 0 Å². The minimum absolute atomic E-state index is 0.125. The van der Waals surface area contributed by atoms with E-state index in [9.17, 15) is 4.79 Å². The summed E-state index contributed by atoms with van der Waals surface area (Å²) in [4.78, 5) is 23.1. The number of hydrogen-bond acceptors (Lipinski definition) is 5. The monoisotopic (exact) mass is 396 g/mol. The van der Waals surface area contributed by atoms with Gasteiger partial charge >= 0.3 is 6.03 Å². The van der Waals surface area contributed by atoms with Gasteiger partial charge in [-0.05, 0) is 55.7 Å². The van der Waals surface area contributed by atoms with Crippen LogP contribution in [0, 0.1) is 5.92 Å². The number of urea groups is 1. The Hall–Kier alpha value is -2.83. The van der Waals surface area contributed by atoms with Gasteiger partial charge in [-0.25, -0.2) is 9.78 Å². The molecule has 0 radical (unpaired) electrons. The first-order chi connectivity index (χ1) is 14.0. The average Bonchev–Trinajstić information content (AvgIpc) is 2.74. The zero-order valence-corrected chi connectivity index (χ0v) is 17.6. The zero-order valence-electron chi connectivity index (χ0n) is 17.6. The molecule has 2 amide bonds. The fourth-order valence-electron chi connectivity index (χ4n) is 3.72. The Kier molecular flexibility index (Phi) is 7.27. The van der Waals surface area contributed by atoms with Crippen molar-refractivity contribution >= 4 is 23.5 Å². The number of nitrogens with one attached hydrogen (secondary N) is 3. The summed E-state index contributed by atoms with van der Waals surface area (Å²) in [6.07, 6.45) is 6.96.